The molecule has 0 radical (unpaired) electrons. The lowest BCUT2D eigenvalue weighted by Gasteiger charge is -2.21. The van der Waals surface area contributed by atoms with Crippen molar-refractivity contribution in [1.82, 2.24) is 14.5 Å². The molecule has 0 bridgehead atoms. The number of carbonyl (C=O) groups excluding carboxylic acids is 1. The topological polar surface area (TPSA) is 112 Å². The molecule has 8 heteroatoms. The highest BCUT2D eigenvalue weighted by Gasteiger charge is 2.34. The van der Waals surface area contributed by atoms with Crippen molar-refractivity contribution in [2.24, 2.45) is 0 Å². The third kappa shape index (κ3) is 2.49. The summed E-state index contributed by atoms with van der Waals surface area (Å²) < 4.78 is 1.33. The number of nitrogens with one attached hydrogen (secondary N) is 1. The monoisotopic (exact) mass is 331 g/mol. The van der Waals surface area contributed by atoms with Crippen LogP contribution in [0, 0.1) is 0 Å². The number of fused-ring (bicyclic) bond motifs is 1. The summed E-state index contributed by atoms with van der Waals surface area (Å²) in [5.74, 6) is -1.41. The first-order valence-electron chi connectivity index (χ1n) is 7.74. The van der Waals surface area contributed by atoms with Gasteiger partial charge < -0.3 is 19.6 Å². The molecule has 126 valence electrons. The minimum absolute atomic E-state index is 0.285. The van der Waals surface area contributed by atoms with Crippen molar-refractivity contribution in [2.45, 2.75) is 32.4 Å². The van der Waals surface area contributed by atoms with Gasteiger partial charge in [0, 0.05) is 18.7 Å². The van der Waals surface area contributed by atoms with Crippen LogP contribution < -0.4 is 11.1 Å². The number of carboxylic acids is 1. The molecular formula is C16H17N3O5. The number of aromatic nitrogens is 2. The lowest BCUT2D eigenvalue weighted by Crippen LogP contribution is -2.40. The fraction of sp³-hybridized carbons (Fsp3) is 0.375. The van der Waals surface area contributed by atoms with Crippen LogP contribution in [0.2, 0.25) is 0 Å². The summed E-state index contributed by atoms with van der Waals surface area (Å²) in [5, 5.41) is 9.21. The molecule has 1 aromatic carbocycles. The van der Waals surface area contributed by atoms with Gasteiger partial charge in [-0.25, -0.2) is 4.79 Å². The number of carboxylic acid groups (broad SMARTS) is 1. The van der Waals surface area contributed by atoms with Crippen LogP contribution in [0.1, 0.15) is 30.1 Å². The van der Waals surface area contributed by atoms with E-state index in [1.54, 1.807) is 19.1 Å². The van der Waals surface area contributed by atoms with Crippen molar-refractivity contribution in [2.75, 3.05) is 6.54 Å². The van der Waals surface area contributed by atoms with Gasteiger partial charge in [0.05, 0.1) is 11.0 Å². The van der Waals surface area contributed by atoms with E-state index in [4.69, 9.17) is 0 Å². The Hall–Kier alpha value is -2.90. The van der Waals surface area contributed by atoms with E-state index >= 15 is 0 Å². The number of amides is 1. The Balaban J connectivity index is 2.07. The number of likely N-dealkylation sites (tertiary alicyclic amines) is 1. The third-order valence-corrected chi connectivity index (χ3v) is 4.34. The van der Waals surface area contributed by atoms with Gasteiger partial charge in [-0.1, -0.05) is 0 Å². The highest BCUT2D eigenvalue weighted by molar-refractivity contribution is 5.99. The van der Waals surface area contributed by atoms with E-state index < -0.39 is 29.0 Å². The van der Waals surface area contributed by atoms with Gasteiger partial charge in [0.15, 0.2) is 0 Å². The summed E-state index contributed by atoms with van der Waals surface area (Å²) in [5.41, 5.74) is -0.214. The number of aromatic amines is 1. The molecule has 1 amide bonds. The second-order valence-corrected chi connectivity index (χ2v) is 5.73. The van der Waals surface area contributed by atoms with Crippen molar-refractivity contribution in [3.8, 4) is 0 Å². The Morgan fingerprint density at radius 2 is 2.08 bits per heavy atom. The van der Waals surface area contributed by atoms with Gasteiger partial charge in [-0.3, -0.25) is 14.4 Å². The Bertz CT molecular complexity index is 943. The van der Waals surface area contributed by atoms with Gasteiger partial charge in [-0.05, 0) is 38.0 Å². The zero-order valence-electron chi connectivity index (χ0n) is 13.1. The first kappa shape index (κ1) is 16.0. The molecule has 1 aliphatic heterocycles. The number of nitrogens with zero attached hydrogens (tertiary/aromatic N) is 2. The quantitative estimate of drug-likeness (QED) is 0.791. The van der Waals surface area contributed by atoms with Crippen LogP contribution in [0.3, 0.4) is 0 Å². The zero-order valence-corrected chi connectivity index (χ0v) is 13.1. The van der Waals surface area contributed by atoms with Crippen molar-refractivity contribution in [1.29, 1.82) is 0 Å². The van der Waals surface area contributed by atoms with E-state index in [9.17, 15) is 24.3 Å². The van der Waals surface area contributed by atoms with Crippen molar-refractivity contribution < 1.29 is 14.7 Å². The summed E-state index contributed by atoms with van der Waals surface area (Å²) in [7, 11) is 0. The molecule has 1 fully saturated rings. The molecule has 2 aromatic rings. The lowest BCUT2D eigenvalue weighted by molar-refractivity contribution is -0.141. The van der Waals surface area contributed by atoms with Crippen LogP contribution in [0.15, 0.2) is 27.8 Å². The molecule has 3 rings (SSSR count). The van der Waals surface area contributed by atoms with Gasteiger partial charge in [0.25, 0.3) is 5.91 Å². The fourth-order valence-electron chi connectivity index (χ4n) is 3.16. The number of benzene rings is 1. The van der Waals surface area contributed by atoms with Gasteiger partial charge >= 0.3 is 17.1 Å². The molecule has 2 heterocycles. The number of aliphatic carboxylic acids is 1. The molecule has 0 saturated carbocycles. The maximum absolute atomic E-state index is 12.6. The van der Waals surface area contributed by atoms with Gasteiger partial charge in [-0.15, -0.1) is 0 Å². The number of hydrogen-bond acceptors (Lipinski definition) is 4. The summed E-state index contributed by atoms with van der Waals surface area (Å²) in [6.45, 7) is 2.47. The molecule has 1 saturated heterocycles. The van der Waals surface area contributed by atoms with E-state index in [2.05, 4.69) is 4.98 Å². The SMILES string of the molecule is CCn1c(=O)c(=O)[nH]c2cc(C(=O)N3CCC[C@@H]3C(=O)O)ccc21. The fourth-order valence-corrected chi connectivity index (χ4v) is 3.16. The number of H-pyrrole nitrogens is 1. The Morgan fingerprint density at radius 1 is 1.33 bits per heavy atom. The van der Waals surface area contributed by atoms with E-state index in [0.717, 1.165) is 0 Å². The largest absolute Gasteiger partial charge is 0.480 e. The minimum Gasteiger partial charge on any atom is -0.480 e. The molecule has 8 nitrogen and oxygen atoms in total. The van der Waals surface area contributed by atoms with Crippen LogP contribution in [-0.2, 0) is 11.3 Å². The minimum atomic E-state index is -1.02. The van der Waals surface area contributed by atoms with Crippen LogP contribution in [0.4, 0.5) is 0 Å². The maximum atomic E-state index is 12.6. The number of carbonyl (C=O) groups is 2. The Kier molecular flexibility index (Phi) is 3.96. The van der Waals surface area contributed by atoms with Gasteiger partial charge in [-0.2, -0.15) is 0 Å². The molecule has 1 aromatic heterocycles. The van der Waals surface area contributed by atoms with Crippen LogP contribution in [0.25, 0.3) is 11.0 Å². The molecule has 2 N–H and O–H groups in total. The molecule has 1 aliphatic rings. The van der Waals surface area contributed by atoms with Gasteiger partial charge in [0.2, 0.25) is 0 Å². The Morgan fingerprint density at radius 3 is 2.75 bits per heavy atom. The average Bonchev–Trinajstić information content (AvgIpc) is 3.05. The molecular weight excluding hydrogens is 314 g/mol. The summed E-state index contributed by atoms with van der Waals surface area (Å²) >= 11 is 0. The first-order valence-corrected chi connectivity index (χ1v) is 7.74. The smallest absolute Gasteiger partial charge is 0.326 e. The molecule has 0 unspecified atom stereocenters. The highest BCUT2D eigenvalue weighted by Crippen LogP contribution is 2.21. The molecule has 24 heavy (non-hydrogen) atoms. The van der Waals surface area contributed by atoms with Crippen molar-refractivity contribution in [3.05, 3.63) is 44.5 Å². The van der Waals surface area contributed by atoms with Gasteiger partial charge in [0.1, 0.15) is 6.04 Å². The van der Waals surface area contributed by atoms with E-state index in [1.807, 2.05) is 0 Å². The number of hydrogen-bond donors (Lipinski definition) is 2. The first-order chi connectivity index (χ1) is 11.4. The van der Waals surface area contributed by atoms with E-state index in [1.165, 1.54) is 15.5 Å². The molecule has 0 aliphatic carbocycles. The predicted octanol–water partition coefficient (Wildman–Crippen LogP) is 0.399. The number of aryl methyl sites for hydroxylation is 1. The highest BCUT2D eigenvalue weighted by atomic mass is 16.4. The summed E-state index contributed by atoms with van der Waals surface area (Å²) in [4.78, 5) is 51.2. The second-order valence-electron chi connectivity index (χ2n) is 5.73. The van der Waals surface area contributed by atoms with E-state index in [-0.39, 0.29) is 5.56 Å². The zero-order chi connectivity index (χ0) is 17.4. The maximum Gasteiger partial charge on any atom is 0.326 e. The third-order valence-electron chi connectivity index (χ3n) is 4.34. The van der Waals surface area contributed by atoms with Crippen LogP contribution >= 0.6 is 0 Å². The van der Waals surface area contributed by atoms with Crippen molar-refractivity contribution >= 4 is 22.9 Å². The number of rotatable bonds is 3. The lowest BCUT2D eigenvalue weighted by atomic mass is 10.1. The summed E-state index contributed by atoms with van der Waals surface area (Å²) in [6.07, 6.45) is 1.07. The standard InChI is InChI=1S/C16H17N3O5/c1-2-18-11-6-5-9(8-10(11)17-13(20)15(18)22)14(21)19-7-3-4-12(19)16(23)24/h5-6,8,12H,2-4,7H2,1H3,(H,17,20)(H,23,24)/t12-/m1/s1. The molecule has 1 atom stereocenters. The summed E-state index contributed by atoms with van der Waals surface area (Å²) in [6, 6.07) is 3.81. The normalized spacial score (nSPS) is 17.4. The van der Waals surface area contributed by atoms with Crippen LogP contribution in [-0.4, -0.2) is 44.0 Å². The average molecular weight is 331 g/mol. The predicted molar refractivity (Wildman–Crippen MR) is 86.2 cm³/mol. The Labute approximate surface area is 136 Å². The second kappa shape index (κ2) is 5.95. The van der Waals surface area contributed by atoms with Crippen LogP contribution in [0.5, 0.6) is 0 Å². The molecule has 0 spiro atoms. The van der Waals surface area contributed by atoms with Crippen molar-refractivity contribution in [3.63, 3.8) is 0 Å². The van der Waals surface area contributed by atoms with E-state index in [0.29, 0.717) is 37.0 Å².